The summed E-state index contributed by atoms with van der Waals surface area (Å²) in [6.07, 6.45) is 3.91. The first-order valence-corrected chi connectivity index (χ1v) is 18.7. The summed E-state index contributed by atoms with van der Waals surface area (Å²) in [5, 5.41) is 2.93. The molecule has 3 aromatic carbocycles. The highest BCUT2D eigenvalue weighted by molar-refractivity contribution is 5.94. The smallest absolute Gasteiger partial charge is 0.411 e. The lowest BCUT2D eigenvalue weighted by molar-refractivity contribution is -0.140. The van der Waals surface area contributed by atoms with Gasteiger partial charge in [0.05, 0.1) is 5.69 Å². The van der Waals surface area contributed by atoms with E-state index in [-0.39, 0.29) is 35.7 Å². The van der Waals surface area contributed by atoms with E-state index in [4.69, 9.17) is 10.5 Å². The summed E-state index contributed by atoms with van der Waals surface area (Å²) in [7, 11) is 1.84. The molecule has 276 valence electrons. The zero-order chi connectivity index (χ0) is 36.5. The highest BCUT2D eigenvalue weighted by atomic mass is 16.6. The lowest BCUT2D eigenvalue weighted by atomic mass is 9.91. The van der Waals surface area contributed by atoms with Crippen molar-refractivity contribution in [2.24, 2.45) is 17.6 Å². The van der Waals surface area contributed by atoms with Crippen molar-refractivity contribution in [2.45, 2.75) is 51.2 Å². The van der Waals surface area contributed by atoms with E-state index in [9.17, 15) is 19.2 Å². The Balaban J connectivity index is 0.873. The number of rotatable bonds is 11. The minimum Gasteiger partial charge on any atom is -0.446 e. The monoisotopic (exact) mass is 708 g/mol. The van der Waals surface area contributed by atoms with E-state index >= 15 is 0 Å². The highest BCUT2D eigenvalue weighted by Gasteiger charge is 2.32. The van der Waals surface area contributed by atoms with Gasteiger partial charge in [-0.2, -0.15) is 0 Å². The first-order chi connectivity index (χ1) is 25.2. The minimum atomic E-state index is -0.439. The van der Waals surface area contributed by atoms with Gasteiger partial charge in [-0.05, 0) is 80.9 Å². The van der Waals surface area contributed by atoms with Crippen molar-refractivity contribution in [3.05, 3.63) is 90.0 Å². The molecular weight excluding hydrogens is 656 g/mol. The number of benzene rings is 3. The summed E-state index contributed by atoms with van der Waals surface area (Å²) in [4.78, 5) is 58.9. The van der Waals surface area contributed by atoms with Gasteiger partial charge >= 0.3 is 6.09 Å². The van der Waals surface area contributed by atoms with E-state index < -0.39 is 6.09 Å². The van der Waals surface area contributed by atoms with Gasteiger partial charge in [0.25, 0.3) is 5.91 Å². The van der Waals surface area contributed by atoms with Crippen molar-refractivity contribution in [3.8, 4) is 11.1 Å². The van der Waals surface area contributed by atoms with Crippen LogP contribution in [0.25, 0.3) is 11.1 Å². The topological polar surface area (TPSA) is 129 Å². The maximum absolute atomic E-state index is 13.2. The highest BCUT2D eigenvalue weighted by Crippen LogP contribution is 2.28. The van der Waals surface area contributed by atoms with Crippen LogP contribution in [0.3, 0.4) is 0 Å². The molecule has 52 heavy (non-hydrogen) atoms. The van der Waals surface area contributed by atoms with Gasteiger partial charge in [0.2, 0.25) is 11.8 Å². The molecule has 0 radical (unpaired) electrons. The Hall–Kier alpha value is -4.74. The number of amides is 4. The number of anilines is 1. The lowest BCUT2D eigenvalue weighted by Gasteiger charge is -2.36. The number of likely N-dealkylation sites (tertiary alicyclic amines) is 3. The van der Waals surface area contributed by atoms with Crippen LogP contribution in [0, 0.1) is 11.8 Å². The Morgan fingerprint density at radius 2 is 1.37 bits per heavy atom. The molecule has 11 nitrogen and oxygen atoms in total. The second-order valence-electron chi connectivity index (χ2n) is 14.5. The van der Waals surface area contributed by atoms with Gasteiger partial charge in [0, 0.05) is 75.8 Å². The van der Waals surface area contributed by atoms with Gasteiger partial charge in [-0.25, -0.2) is 4.79 Å². The predicted molar refractivity (Wildman–Crippen MR) is 201 cm³/mol. The average Bonchev–Trinajstić information content (AvgIpc) is 3.18. The van der Waals surface area contributed by atoms with Gasteiger partial charge in [0.15, 0.2) is 0 Å². The van der Waals surface area contributed by atoms with Crippen LogP contribution in [-0.2, 0) is 20.9 Å². The standard InChI is InChI=1S/C41H52N6O5/c1-44(27-28-45-23-19-35(20-24-45)52-41(51)43-37-10-6-5-9-36(37)31-7-3-2-4-8-31)39(49)33-13-11-30(12-14-33)29-46-21-15-34(16-22-46)40(50)47-25-17-32(18-26-47)38(42)48/h2-14,32,34-35H,15-29H2,1H3,(H2,42,48)(H,43,51). The molecule has 0 aliphatic carbocycles. The van der Waals surface area contributed by atoms with Gasteiger partial charge in [-0.15, -0.1) is 0 Å². The Morgan fingerprint density at radius 3 is 2.04 bits per heavy atom. The number of ether oxygens (including phenoxy) is 1. The van der Waals surface area contributed by atoms with E-state index in [1.807, 2.05) is 90.8 Å². The predicted octanol–water partition coefficient (Wildman–Crippen LogP) is 5.07. The molecule has 4 amide bonds. The van der Waals surface area contributed by atoms with Crippen molar-refractivity contribution < 1.29 is 23.9 Å². The Labute approximate surface area is 307 Å². The van der Waals surface area contributed by atoms with Crippen LogP contribution in [0.4, 0.5) is 10.5 Å². The molecule has 0 spiro atoms. The number of piperidine rings is 3. The van der Waals surface area contributed by atoms with Crippen LogP contribution in [0.15, 0.2) is 78.9 Å². The first-order valence-electron chi connectivity index (χ1n) is 18.7. The van der Waals surface area contributed by atoms with E-state index in [2.05, 4.69) is 15.1 Å². The molecule has 0 atom stereocenters. The third kappa shape index (κ3) is 9.77. The van der Waals surface area contributed by atoms with Crippen LogP contribution in [0.5, 0.6) is 0 Å². The molecule has 3 aliphatic rings. The Kier molecular flexibility index (Phi) is 12.6. The molecule has 3 aliphatic heterocycles. The zero-order valence-corrected chi connectivity index (χ0v) is 30.3. The third-order valence-corrected chi connectivity index (χ3v) is 10.9. The quantitative estimate of drug-likeness (QED) is 0.285. The molecule has 0 unspecified atom stereocenters. The molecular formula is C41H52N6O5. The fraction of sp³-hybridized carbons (Fsp3) is 0.463. The second kappa shape index (κ2) is 17.7. The average molecular weight is 709 g/mol. The number of nitrogens with one attached hydrogen (secondary N) is 1. The fourth-order valence-electron chi connectivity index (χ4n) is 7.61. The summed E-state index contributed by atoms with van der Waals surface area (Å²) in [5.74, 6) is -0.115. The SMILES string of the molecule is CN(CCN1CCC(OC(=O)Nc2ccccc2-c2ccccc2)CC1)C(=O)c1ccc(CN2CCC(C(=O)N3CCC(C(N)=O)CC3)CC2)cc1. The Morgan fingerprint density at radius 1 is 0.750 bits per heavy atom. The van der Waals surface area contributed by atoms with Crippen LogP contribution < -0.4 is 11.1 Å². The van der Waals surface area contributed by atoms with Crippen molar-refractivity contribution in [2.75, 3.05) is 64.7 Å². The zero-order valence-electron chi connectivity index (χ0n) is 30.3. The summed E-state index contributed by atoms with van der Waals surface area (Å²) in [5.41, 5.74) is 9.97. The molecule has 3 aromatic rings. The summed E-state index contributed by atoms with van der Waals surface area (Å²) in [6.45, 7) is 6.72. The maximum Gasteiger partial charge on any atom is 0.411 e. The van der Waals surface area contributed by atoms with Gasteiger partial charge < -0.3 is 25.2 Å². The molecule has 6 rings (SSSR count). The summed E-state index contributed by atoms with van der Waals surface area (Å²) >= 11 is 0. The molecule has 11 heteroatoms. The number of carbonyl (C=O) groups is 4. The molecule has 0 aromatic heterocycles. The number of para-hydroxylation sites is 1. The number of likely N-dealkylation sites (N-methyl/N-ethyl adjacent to an activating group) is 1. The molecule has 0 bridgehead atoms. The van der Waals surface area contributed by atoms with Crippen LogP contribution >= 0.6 is 0 Å². The van der Waals surface area contributed by atoms with Gasteiger partial charge in [0.1, 0.15) is 6.10 Å². The number of nitrogens with two attached hydrogens (primary N) is 1. The number of nitrogens with zero attached hydrogens (tertiary/aromatic N) is 4. The van der Waals surface area contributed by atoms with E-state index in [0.717, 1.165) is 87.3 Å². The van der Waals surface area contributed by atoms with Crippen LogP contribution in [0.1, 0.15) is 54.4 Å². The lowest BCUT2D eigenvalue weighted by Crippen LogP contribution is -2.46. The Bertz CT molecular complexity index is 1660. The fourth-order valence-corrected chi connectivity index (χ4v) is 7.61. The minimum absolute atomic E-state index is 0.00332. The number of hydrogen-bond acceptors (Lipinski definition) is 7. The van der Waals surface area contributed by atoms with Crippen molar-refractivity contribution >= 4 is 29.5 Å². The largest absolute Gasteiger partial charge is 0.446 e. The molecule has 3 saturated heterocycles. The molecule has 3 heterocycles. The van der Waals surface area contributed by atoms with Crippen molar-refractivity contribution in [3.63, 3.8) is 0 Å². The first kappa shape index (κ1) is 37.0. The van der Waals surface area contributed by atoms with Crippen LogP contribution in [0.2, 0.25) is 0 Å². The van der Waals surface area contributed by atoms with E-state index in [0.29, 0.717) is 38.0 Å². The van der Waals surface area contributed by atoms with Crippen molar-refractivity contribution in [1.29, 1.82) is 0 Å². The maximum atomic E-state index is 13.2. The molecule has 3 N–H and O–H groups in total. The van der Waals surface area contributed by atoms with E-state index in [1.54, 1.807) is 4.90 Å². The van der Waals surface area contributed by atoms with Gasteiger partial charge in [-0.3, -0.25) is 24.6 Å². The second-order valence-corrected chi connectivity index (χ2v) is 14.5. The van der Waals surface area contributed by atoms with Gasteiger partial charge in [-0.1, -0.05) is 60.7 Å². The van der Waals surface area contributed by atoms with Crippen molar-refractivity contribution in [1.82, 2.24) is 19.6 Å². The normalized spacial score (nSPS) is 18.1. The summed E-state index contributed by atoms with van der Waals surface area (Å²) in [6, 6.07) is 25.6. The third-order valence-electron chi connectivity index (χ3n) is 10.9. The molecule has 0 saturated carbocycles. The summed E-state index contributed by atoms with van der Waals surface area (Å²) < 4.78 is 5.79. The molecule has 3 fully saturated rings. The van der Waals surface area contributed by atoms with Crippen LogP contribution in [-0.4, -0.2) is 109 Å². The number of primary amides is 1. The van der Waals surface area contributed by atoms with E-state index in [1.165, 1.54) is 0 Å². The number of carbonyl (C=O) groups excluding carboxylic acids is 4. The number of hydrogen-bond donors (Lipinski definition) is 2.